The fraction of sp³-hybridized carbons (Fsp3) is 0.440. The van der Waals surface area contributed by atoms with E-state index < -0.39 is 35.5 Å². The van der Waals surface area contributed by atoms with E-state index in [1.807, 2.05) is 0 Å². The van der Waals surface area contributed by atoms with Crippen LogP contribution in [-0.2, 0) is 10.9 Å². The lowest BCUT2D eigenvalue weighted by molar-refractivity contribution is -0.137. The first-order chi connectivity index (χ1) is 17.7. The summed E-state index contributed by atoms with van der Waals surface area (Å²) < 4.78 is 52.1. The topological polar surface area (TPSA) is 114 Å². The Morgan fingerprint density at radius 2 is 1.95 bits per heavy atom. The number of carboxylic acid groups (broad SMARTS) is 1. The molecule has 4 rings (SSSR count). The Balaban J connectivity index is 1.66. The zero-order chi connectivity index (χ0) is 27.8. The number of alkyl halides is 3. The summed E-state index contributed by atoms with van der Waals surface area (Å²) >= 11 is 0.982. The van der Waals surface area contributed by atoms with E-state index in [2.05, 4.69) is 15.3 Å². The van der Waals surface area contributed by atoms with E-state index in [-0.39, 0.29) is 28.7 Å². The molecule has 1 saturated heterocycles. The number of anilines is 2. The summed E-state index contributed by atoms with van der Waals surface area (Å²) in [5.74, 6) is -0.948. The van der Waals surface area contributed by atoms with Gasteiger partial charge in [-0.3, -0.25) is 0 Å². The molecule has 0 unspecified atom stereocenters. The lowest BCUT2D eigenvalue weighted by atomic mass is 10.1. The molecule has 1 aliphatic heterocycles. The second-order valence-electron chi connectivity index (χ2n) is 9.91. The van der Waals surface area contributed by atoms with Gasteiger partial charge in [0.2, 0.25) is 0 Å². The smallest absolute Gasteiger partial charge is 0.416 e. The summed E-state index contributed by atoms with van der Waals surface area (Å²) in [5.41, 5.74) is -0.942. The standard InChI is InChI=1S/C25H27F3N4O5S/c1-13-18-20(29-12-30-21(18)38-19(13)22(33)34)31-16-8-7-14(25(26,27)28)10-17(16)36-15-6-5-9-32(11-15)23(35)37-24(2,3)4/h7-8,10,12,15H,5-6,9,11H2,1-4H3,(H,33,34)(H,29,30,31)/t15-/m0/s1. The van der Waals surface area contributed by atoms with Crippen LogP contribution in [0, 0.1) is 6.92 Å². The number of fused-ring (bicyclic) bond motifs is 1. The molecule has 13 heteroatoms. The van der Waals surface area contributed by atoms with E-state index in [0.29, 0.717) is 35.2 Å². The molecule has 0 spiro atoms. The maximum atomic E-state index is 13.5. The van der Waals surface area contributed by atoms with Gasteiger partial charge in [-0.1, -0.05) is 0 Å². The van der Waals surface area contributed by atoms with Crippen molar-refractivity contribution in [1.82, 2.24) is 14.9 Å². The van der Waals surface area contributed by atoms with Crippen molar-refractivity contribution in [3.8, 4) is 5.75 Å². The number of nitrogens with one attached hydrogen (secondary N) is 1. The number of piperidine rings is 1. The number of nitrogens with zero attached hydrogens (tertiary/aromatic N) is 3. The number of hydrogen-bond donors (Lipinski definition) is 2. The molecular weight excluding hydrogens is 525 g/mol. The van der Waals surface area contributed by atoms with Gasteiger partial charge in [-0.2, -0.15) is 13.2 Å². The summed E-state index contributed by atoms with van der Waals surface area (Å²) in [5, 5.41) is 12.9. The van der Waals surface area contributed by atoms with Gasteiger partial charge < -0.3 is 24.8 Å². The fourth-order valence-electron chi connectivity index (χ4n) is 4.10. The number of likely N-dealkylation sites (tertiary alicyclic amines) is 1. The van der Waals surface area contributed by atoms with Crippen molar-refractivity contribution in [1.29, 1.82) is 0 Å². The quantitative estimate of drug-likeness (QED) is 0.383. The maximum absolute atomic E-state index is 13.5. The fourth-order valence-corrected chi connectivity index (χ4v) is 5.09. The molecule has 1 atom stereocenters. The van der Waals surface area contributed by atoms with Gasteiger partial charge in [-0.15, -0.1) is 11.3 Å². The molecule has 38 heavy (non-hydrogen) atoms. The largest absolute Gasteiger partial charge is 0.486 e. The number of carbonyl (C=O) groups excluding carboxylic acids is 1. The first-order valence-corrected chi connectivity index (χ1v) is 12.6. The van der Waals surface area contributed by atoms with Crippen LogP contribution in [0.25, 0.3) is 10.2 Å². The Labute approximate surface area is 220 Å². The number of aromatic carboxylic acids is 1. The molecule has 1 fully saturated rings. The Bertz CT molecular complexity index is 1370. The van der Waals surface area contributed by atoms with Gasteiger partial charge in [0, 0.05) is 6.54 Å². The second-order valence-corrected chi connectivity index (χ2v) is 10.9. The Kier molecular flexibility index (Phi) is 7.42. The van der Waals surface area contributed by atoms with E-state index in [9.17, 15) is 27.9 Å². The molecule has 1 aliphatic rings. The number of rotatable bonds is 5. The molecule has 2 N–H and O–H groups in total. The van der Waals surface area contributed by atoms with Crippen LogP contribution in [0.2, 0.25) is 0 Å². The number of thiophene rings is 1. The van der Waals surface area contributed by atoms with Gasteiger partial charge in [-0.25, -0.2) is 19.6 Å². The first-order valence-electron chi connectivity index (χ1n) is 11.8. The summed E-state index contributed by atoms with van der Waals surface area (Å²) in [6, 6.07) is 3.06. The third-order valence-corrected chi connectivity index (χ3v) is 6.99. The first kappa shape index (κ1) is 27.4. The molecule has 204 valence electrons. The molecule has 3 heterocycles. The summed E-state index contributed by atoms with van der Waals surface area (Å²) in [6.07, 6.45) is -3.33. The number of aryl methyl sites for hydroxylation is 1. The van der Waals surface area contributed by atoms with Crippen molar-refractivity contribution in [3.05, 3.63) is 40.5 Å². The Hall–Kier alpha value is -3.61. The number of benzene rings is 1. The summed E-state index contributed by atoms with van der Waals surface area (Å²) in [4.78, 5) is 34.5. The van der Waals surface area contributed by atoms with E-state index >= 15 is 0 Å². The van der Waals surface area contributed by atoms with Gasteiger partial charge in [0.05, 0.1) is 23.2 Å². The molecule has 0 saturated carbocycles. The van der Waals surface area contributed by atoms with Crippen LogP contribution < -0.4 is 10.1 Å². The molecular formula is C25H27F3N4O5S. The number of carboxylic acids is 1. The van der Waals surface area contributed by atoms with Gasteiger partial charge in [-0.05, 0) is 64.3 Å². The van der Waals surface area contributed by atoms with Crippen molar-refractivity contribution in [2.24, 2.45) is 0 Å². The van der Waals surface area contributed by atoms with Crippen LogP contribution in [0.5, 0.6) is 5.75 Å². The van der Waals surface area contributed by atoms with Crippen molar-refractivity contribution in [2.75, 3.05) is 18.4 Å². The number of carbonyl (C=O) groups is 2. The third-order valence-electron chi connectivity index (χ3n) is 5.81. The zero-order valence-corrected chi connectivity index (χ0v) is 22.0. The Morgan fingerprint density at radius 1 is 1.21 bits per heavy atom. The molecule has 0 aliphatic carbocycles. The van der Waals surface area contributed by atoms with Crippen molar-refractivity contribution < 1.29 is 37.3 Å². The second kappa shape index (κ2) is 10.3. The SMILES string of the molecule is Cc1c(C(=O)O)sc2ncnc(Nc3ccc(C(F)(F)F)cc3O[C@H]3CCCN(C(=O)OC(C)(C)C)C3)c12. The van der Waals surface area contributed by atoms with Gasteiger partial charge in [0.15, 0.2) is 0 Å². The number of ether oxygens (including phenoxy) is 2. The lowest BCUT2D eigenvalue weighted by Gasteiger charge is -2.34. The minimum atomic E-state index is -4.60. The highest BCUT2D eigenvalue weighted by Crippen LogP contribution is 2.39. The van der Waals surface area contributed by atoms with Crippen LogP contribution in [0.3, 0.4) is 0 Å². The molecule has 1 aromatic carbocycles. The van der Waals surface area contributed by atoms with E-state index in [1.54, 1.807) is 27.7 Å². The van der Waals surface area contributed by atoms with Crippen molar-refractivity contribution >= 4 is 45.1 Å². The molecule has 3 aromatic rings. The molecule has 1 amide bonds. The zero-order valence-electron chi connectivity index (χ0n) is 21.2. The number of halogens is 3. The predicted molar refractivity (Wildman–Crippen MR) is 135 cm³/mol. The number of hydrogen-bond acceptors (Lipinski definition) is 8. The van der Waals surface area contributed by atoms with Crippen LogP contribution in [0.1, 0.15) is 54.4 Å². The highest BCUT2D eigenvalue weighted by Gasteiger charge is 2.33. The average Bonchev–Trinajstić information content (AvgIpc) is 3.16. The van der Waals surface area contributed by atoms with Crippen LogP contribution in [0.4, 0.5) is 29.5 Å². The van der Waals surface area contributed by atoms with Gasteiger partial charge >= 0.3 is 18.2 Å². The van der Waals surface area contributed by atoms with E-state index in [0.717, 1.165) is 23.5 Å². The minimum absolute atomic E-state index is 0.0750. The summed E-state index contributed by atoms with van der Waals surface area (Å²) in [7, 11) is 0. The molecule has 2 aromatic heterocycles. The number of amides is 1. The van der Waals surface area contributed by atoms with Gasteiger partial charge in [0.25, 0.3) is 0 Å². The third kappa shape index (κ3) is 6.09. The molecule has 0 bridgehead atoms. The molecule has 9 nitrogen and oxygen atoms in total. The van der Waals surface area contributed by atoms with Crippen LogP contribution in [-0.4, -0.2) is 56.8 Å². The summed E-state index contributed by atoms with van der Waals surface area (Å²) in [6.45, 7) is 7.47. The van der Waals surface area contributed by atoms with E-state index in [4.69, 9.17) is 9.47 Å². The van der Waals surface area contributed by atoms with Crippen LogP contribution >= 0.6 is 11.3 Å². The minimum Gasteiger partial charge on any atom is -0.486 e. The average molecular weight is 553 g/mol. The lowest BCUT2D eigenvalue weighted by Crippen LogP contribution is -2.46. The monoisotopic (exact) mass is 552 g/mol. The van der Waals surface area contributed by atoms with Crippen LogP contribution in [0.15, 0.2) is 24.5 Å². The maximum Gasteiger partial charge on any atom is 0.416 e. The number of aromatic nitrogens is 2. The predicted octanol–water partition coefficient (Wildman–Crippen LogP) is 6.24. The highest BCUT2D eigenvalue weighted by atomic mass is 32.1. The molecule has 0 radical (unpaired) electrons. The van der Waals surface area contributed by atoms with Gasteiger partial charge in [0.1, 0.15) is 39.3 Å². The Morgan fingerprint density at radius 3 is 2.61 bits per heavy atom. The highest BCUT2D eigenvalue weighted by molar-refractivity contribution is 7.20. The normalized spacial score (nSPS) is 16.4. The van der Waals surface area contributed by atoms with Crippen molar-refractivity contribution in [2.45, 2.75) is 58.4 Å². The van der Waals surface area contributed by atoms with E-state index in [1.165, 1.54) is 17.3 Å². The van der Waals surface area contributed by atoms with Crippen molar-refractivity contribution in [3.63, 3.8) is 0 Å².